The molecule has 1 aromatic carbocycles. The molecule has 1 fully saturated rings. The maximum atomic E-state index is 13.3. The van der Waals surface area contributed by atoms with Gasteiger partial charge < -0.3 is 20.4 Å². The van der Waals surface area contributed by atoms with Gasteiger partial charge in [-0.05, 0) is 30.3 Å². The van der Waals surface area contributed by atoms with Gasteiger partial charge in [-0.3, -0.25) is 14.5 Å². The summed E-state index contributed by atoms with van der Waals surface area (Å²) in [4.78, 5) is 34.2. The molecule has 0 spiro atoms. The van der Waals surface area contributed by atoms with Gasteiger partial charge in [-0.25, -0.2) is 9.37 Å². The number of rotatable bonds is 6. The van der Waals surface area contributed by atoms with E-state index in [0.717, 1.165) is 38.9 Å². The highest BCUT2D eigenvalue weighted by molar-refractivity contribution is 6.05. The number of carbonyl (C=O) groups excluding carboxylic acids is 2. The maximum Gasteiger partial charge on any atom is 0.267 e. The number of halogens is 1. The van der Waals surface area contributed by atoms with Crippen molar-refractivity contribution >= 4 is 28.5 Å². The molecule has 3 N–H and O–H groups in total. The number of nitrogens with zero attached hydrogens (tertiary/aromatic N) is 2. The summed E-state index contributed by atoms with van der Waals surface area (Å²) in [5.74, 6) is -1.13. The van der Waals surface area contributed by atoms with Crippen LogP contribution >= 0.6 is 0 Å². The number of hydrogen-bond donors (Lipinski definition) is 3. The molecule has 3 heterocycles. The summed E-state index contributed by atoms with van der Waals surface area (Å²) in [5.41, 5.74) is 1.60. The van der Waals surface area contributed by atoms with Crippen molar-refractivity contribution in [3.05, 3.63) is 59.7 Å². The summed E-state index contributed by atoms with van der Waals surface area (Å²) >= 11 is 0. The van der Waals surface area contributed by atoms with Crippen LogP contribution in [-0.4, -0.2) is 66.1 Å². The van der Waals surface area contributed by atoms with E-state index in [1.807, 2.05) is 0 Å². The summed E-state index contributed by atoms with van der Waals surface area (Å²) in [5, 5.41) is 6.27. The lowest BCUT2D eigenvalue weighted by Gasteiger charge is -2.26. The monoisotopic (exact) mass is 411 g/mol. The fraction of sp³-hybridized carbons (Fsp3) is 0.286. The van der Waals surface area contributed by atoms with Gasteiger partial charge in [0.25, 0.3) is 11.8 Å². The molecule has 30 heavy (non-hydrogen) atoms. The first-order chi connectivity index (χ1) is 14.6. The molecule has 1 saturated heterocycles. The smallest absolute Gasteiger partial charge is 0.267 e. The van der Waals surface area contributed by atoms with Crippen LogP contribution in [0.5, 0.6) is 0 Å². The van der Waals surface area contributed by atoms with Crippen LogP contribution in [0.3, 0.4) is 0 Å². The van der Waals surface area contributed by atoms with Gasteiger partial charge in [0.15, 0.2) is 0 Å². The van der Waals surface area contributed by atoms with Crippen molar-refractivity contribution in [3.63, 3.8) is 0 Å². The SMILES string of the molecule is O=C(Nc1cnc2[nH]c(C(=O)NCCN3CCOCC3)cc2c1)c1cccc(F)c1. The van der Waals surface area contributed by atoms with E-state index < -0.39 is 11.7 Å². The van der Waals surface area contributed by atoms with Crippen LogP contribution in [0.2, 0.25) is 0 Å². The van der Waals surface area contributed by atoms with E-state index in [1.54, 1.807) is 12.1 Å². The number of carbonyl (C=O) groups is 2. The van der Waals surface area contributed by atoms with Crippen LogP contribution in [0, 0.1) is 5.82 Å². The standard InChI is InChI=1S/C21H22FN5O3/c22-16-3-1-2-14(10-16)20(28)25-17-11-15-12-18(26-19(15)24-13-17)21(29)23-4-5-27-6-8-30-9-7-27/h1-3,10-13H,4-9H2,(H,23,29)(H,24,26)(H,25,28). The average molecular weight is 411 g/mol. The Labute approximate surface area is 172 Å². The Bertz CT molecular complexity index is 1060. The Morgan fingerprint density at radius 3 is 2.80 bits per heavy atom. The first kappa shape index (κ1) is 20.0. The molecule has 0 radical (unpaired) electrons. The minimum atomic E-state index is -0.480. The molecule has 0 bridgehead atoms. The topological polar surface area (TPSA) is 99.3 Å². The fourth-order valence-corrected chi connectivity index (χ4v) is 3.29. The molecule has 8 nitrogen and oxygen atoms in total. The Kier molecular flexibility index (Phi) is 6.01. The fourth-order valence-electron chi connectivity index (χ4n) is 3.29. The van der Waals surface area contributed by atoms with Crippen molar-refractivity contribution in [2.45, 2.75) is 0 Å². The normalized spacial score (nSPS) is 14.6. The van der Waals surface area contributed by atoms with Crippen LogP contribution in [-0.2, 0) is 4.74 Å². The quantitative estimate of drug-likeness (QED) is 0.576. The molecular weight excluding hydrogens is 389 g/mol. The molecule has 0 aliphatic carbocycles. The molecule has 9 heteroatoms. The molecule has 4 rings (SSSR count). The van der Waals surface area contributed by atoms with Crippen molar-refractivity contribution in [2.75, 3.05) is 44.7 Å². The van der Waals surface area contributed by atoms with Crippen LogP contribution in [0.25, 0.3) is 11.0 Å². The van der Waals surface area contributed by atoms with E-state index in [-0.39, 0.29) is 11.5 Å². The molecule has 2 aromatic heterocycles. The molecule has 0 atom stereocenters. The van der Waals surface area contributed by atoms with Gasteiger partial charge >= 0.3 is 0 Å². The van der Waals surface area contributed by atoms with Gasteiger partial charge in [-0.1, -0.05) is 6.07 Å². The predicted molar refractivity (Wildman–Crippen MR) is 110 cm³/mol. The van der Waals surface area contributed by atoms with Gasteiger partial charge in [-0.2, -0.15) is 0 Å². The maximum absolute atomic E-state index is 13.3. The Morgan fingerprint density at radius 2 is 2.00 bits per heavy atom. The lowest BCUT2D eigenvalue weighted by atomic mass is 10.2. The number of ether oxygens (including phenoxy) is 1. The number of anilines is 1. The van der Waals surface area contributed by atoms with Crippen molar-refractivity contribution < 1.29 is 18.7 Å². The first-order valence-electron chi connectivity index (χ1n) is 9.72. The lowest BCUT2D eigenvalue weighted by Crippen LogP contribution is -2.41. The third kappa shape index (κ3) is 4.81. The van der Waals surface area contributed by atoms with E-state index in [9.17, 15) is 14.0 Å². The third-order valence-corrected chi connectivity index (χ3v) is 4.88. The number of morpholine rings is 1. The average Bonchev–Trinajstić information content (AvgIpc) is 3.18. The van der Waals surface area contributed by atoms with Gasteiger partial charge in [-0.15, -0.1) is 0 Å². The van der Waals surface area contributed by atoms with E-state index in [2.05, 4.69) is 25.5 Å². The zero-order valence-electron chi connectivity index (χ0n) is 16.3. The van der Waals surface area contributed by atoms with E-state index in [1.165, 1.54) is 24.4 Å². The predicted octanol–water partition coefficient (Wildman–Crippen LogP) is 2.02. The number of benzene rings is 1. The summed E-state index contributed by atoms with van der Waals surface area (Å²) in [6.07, 6.45) is 1.48. The molecule has 1 aliphatic rings. The number of aromatic amines is 1. The minimum absolute atomic E-state index is 0.213. The second kappa shape index (κ2) is 9.02. The highest BCUT2D eigenvalue weighted by atomic mass is 19.1. The lowest BCUT2D eigenvalue weighted by molar-refractivity contribution is 0.0383. The number of aromatic nitrogens is 2. The number of fused-ring (bicyclic) bond motifs is 1. The number of amides is 2. The van der Waals surface area contributed by atoms with E-state index in [0.29, 0.717) is 29.0 Å². The summed E-state index contributed by atoms with van der Waals surface area (Å²) in [6.45, 7) is 4.49. The zero-order chi connectivity index (χ0) is 20.9. The highest BCUT2D eigenvalue weighted by Crippen LogP contribution is 2.18. The Balaban J connectivity index is 1.38. The number of hydrogen-bond acceptors (Lipinski definition) is 5. The Morgan fingerprint density at radius 1 is 1.17 bits per heavy atom. The van der Waals surface area contributed by atoms with Crippen LogP contribution in [0.1, 0.15) is 20.8 Å². The largest absolute Gasteiger partial charge is 0.379 e. The summed E-state index contributed by atoms with van der Waals surface area (Å²) < 4.78 is 18.6. The highest BCUT2D eigenvalue weighted by Gasteiger charge is 2.14. The zero-order valence-corrected chi connectivity index (χ0v) is 16.3. The molecule has 3 aromatic rings. The summed E-state index contributed by atoms with van der Waals surface area (Å²) in [7, 11) is 0. The molecule has 0 unspecified atom stereocenters. The Hall–Kier alpha value is -3.30. The van der Waals surface area contributed by atoms with E-state index >= 15 is 0 Å². The van der Waals surface area contributed by atoms with Crippen LogP contribution in [0.15, 0.2) is 42.6 Å². The molecule has 156 valence electrons. The molecule has 1 aliphatic heterocycles. The molecule has 2 amide bonds. The van der Waals surface area contributed by atoms with Gasteiger partial charge in [0.1, 0.15) is 17.2 Å². The van der Waals surface area contributed by atoms with Gasteiger partial charge in [0.2, 0.25) is 0 Å². The van der Waals surface area contributed by atoms with Crippen molar-refractivity contribution in [2.24, 2.45) is 0 Å². The molecular formula is C21H22FN5O3. The van der Waals surface area contributed by atoms with Crippen molar-refractivity contribution in [1.29, 1.82) is 0 Å². The first-order valence-corrected chi connectivity index (χ1v) is 9.72. The van der Waals surface area contributed by atoms with Crippen molar-refractivity contribution in [1.82, 2.24) is 20.2 Å². The second-order valence-corrected chi connectivity index (χ2v) is 7.02. The van der Waals surface area contributed by atoms with Crippen LogP contribution in [0.4, 0.5) is 10.1 Å². The number of nitrogens with one attached hydrogen (secondary N) is 3. The molecule has 0 saturated carbocycles. The van der Waals surface area contributed by atoms with E-state index in [4.69, 9.17) is 4.74 Å². The third-order valence-electron chi connectivity index (χ3n) is 4.88. The minimum Gasteiger partial charge on any atom is -0.379 e. The van der Waals surface area contributed by atoms with Crippen LogP contribution < -0.4 is 10.6 Å². The number of H-pyrrole nitrogens is 1. The van der Waals surface area contributed by atoms with Crippen molar-refractivity contribution in [3.8, 4) is 0 Å². The number of pyridine rings is 1. The van der Waals surface area contributed by atoms with Gasteiger partial charge in [0, 0.05) is 37.1 Å². The second-order valence-electron chi connectivity index (χ2n) is 7.02. The van der Waals surface area contributed by atoms with Gasteiger partial charge in [0.05, 0.1) is 25.1 Å². The summed E-state index contributed by atoms with van der Waals surface area (Å²) in [6, 6.07) is 8.83.